The van der Waals surface area contributed by atoms with Crippen LogP contribution in [0.1, 0.15) is 20.3 Å². The molecule has 0 fully saturated rings. The molecular weight excluding hydrogens is 359 g/mol. The number of rotatable bonds is 7. The van der Waals surface area contributed by atoms with Crippen molar-refractivity contribution < 1.29 is 12.8 Å². The fraction of sp³-hybridized carbons (Fsp3) is 0.571. The SMILES string of the molecule is CC(C)CC(CN(C)C)NS(=O)(=O)c1ccc(Br)cc1F. The highest BCUT2D eigenvalue weighted by atomic mass is 79.9. The van der Waals surface area contributed by atoms with E-state index >= 15 is 0 Å². The van der Waals surface area contributed by atoms with E-state index in [9.17, 15) is 12.8 Å². The number of halogens is 2. The minimum atomic E-state index is -3.87. The van der Waals surface area contributed by atoms with Crippen LogP contribution in [0.4, 0.5) is 4.39 Å². The van der Waals surface area contributed by atoms with Gasteiger partial charge in [0.1, 0.15) is 10.7 Å². The van der Waals surface area contributed by atoms with Gasteiger partial charge in [-0.2, -0.15) is 0 Å². The molecule has 0 spiro atoms. The molecule has 0 amide bonds. The van der Waals surface area contributed by atoms with Gasteiger partial charge in [0.15, 0.2) is 0 Å². The zero-order valence-corrected chi connectivity index (χ0v) is 15.1. The van der Waals surface area contributed by atoms with Crippen molar-refractivity contribution in [1.29, 1.82) is 0 Å². The lowest BCUT2D eigenvalue weighted by atomic mass is 10.0. The Kier molecular flexibility index (Phi) is 6.77. The van der Waals surface area contributed by atoms with E-state index in [-0.39, 0.29) is 10.9 Å². The molecular formula is C14H22BrFN2O2S. The van der Waals surface area contributed by atoms with E-state index in [2.05, 4.69) is 20.7 Å². The van der Waals surface area contributed by atoms with Gasteiger partial charge in [0, 0.05) is 17.1 Å². The molecule has 1 atom stereocenters. The molecule has 1 rings (SSSR count). The van der Waals surface area contributed by atoms with Crippen molar-refractivity contribution in [1.82, 2.24) is 9.62 Å². The Hall–Kier alpha value is -0.500. The summed E-state index contributed by atoms with van der Waals surface area (Å²) in [6.45, 7) is 4.61. The molecule has 7 heteroatoms. The van der Waals surface area contributed by atoms with Gasteiger partial charge in [-0.05, 0) is 44.6 Å². The van der Waals surface area contributed by atoms with Crippen LogP contribution in [-0.4, -0.2) is 40.0 Å². The van der Waals surface area contributed by atoms with Crippen molar-refractivity contribution in [2.45, 2.75) is 31.2 Å². The highest BCUT2D eigenvalue weighted by Gasteiger charge is 2.24. The van der Waals surface area contributed by atoms with Crippen LogP contribution in [0.25, 0.3) is 0 Å². The molecule has 1 aromatic carbocycles. The van der Waals surface area contributed by atoms with Crippen LogP contribution in [0.15, 0.2) is 27.6 Å². The van der Waals surface area contributed by atoms with Crippen LogP contribution in [-0.2, 0) is 10.0 Å². The molecule has 120 valence electrons. The lowest BCUT2D eigenvalue weighted by Crippen LogP contribution is -2.42. The summed E-state index contributed by atoms with van der Waals surface area (Å²) in [4.78, 5) is 1.59. The fourth-order valence-electron chi connectivity index (χ4n) is 2.15. The molecule has 0 aromatic heterocycles. The zero-order valence-electron chi connectivity index (χ0n) is 12.7. The molecule has 0 radical (unpaired) electrons. The summed E-state index contributed by atoms with van der Waals surface area (Å²) in [5, 5.41) is 0. The van der Waals surface area contributed by atoms with Crippen LogP contribution < -0.4 is 4.72 Å². The molecule has 0 aliphatic carbocycles. The van der Waals surface area contributed by atoms with E-state index in [1.165, 1.54) is 12.1 Å². The Morgan fingerprint density at radius 2 is 1.95 bits per heavy atom. The maximum atomic E-state index is 13.9. The van der Waals surface area contributed by atoms with Gasteiger partial charge < -0.3 is 4.90 Å². The topological polar surface area (TPSA) is 49.4 Å². The fourth-order valence-corrected chi connectivity index (χ4v) is 3.78. The van der Waals surface area contributed by atoms with Gasteiger partial charge in [-0.1, -0.05) is 29.8 Å². The summed E-state index contributed by atoms with van der Waals surface area (Å²) < 4.78 is 41.7. The lowest BCUT2D eigenvalue weighted by Gasteiger charge is -2.24. The Bertz CT molecular complexity index is 566. The van der Waals surface area contributed by atoms with E-state index in [0.29, 0.717) is 23.4 Å². The van der Waals surface area contributed by atoms with E-state index in [1.54, 1.807) is 0 Å². The maximum absolute atomic E-state index is 13.9. The third kappa shape index (κ3) is 6.02. The molecule has 0 heterocycles. The molecule has 0 aliphatic rings. The Labute approximate surface area is 134 Å². The number of nitrogens with one attached hydrogen (secondary N) is 1. The van der Waals surface area contributed by atoms with Crippen LogP contribution in [0.3, 0.4) is 0 Å². The largest absolute Gasteiger partial charge is 0.308 e. The van der Waals surface area contributed by atoms with Crippen molar-refractivity contribution >= 4 is 26.0 Å². The second-order valence-electron chi connectivity index (χ2n) is 5.78. The van der Waals surface area contributed by atoms with Gasteiger partial charge in [0.2, 0.25) is 10.0 Å². The molecule has 0 saturated carbocycles. The summed E-state index contributed by atoms with van der Waals surface area (Å²) in [5.41, 5.74) is 0. The summed E-state index contributed by atoms with van der Waals surface area (Å²) >= 11 is 3.12. The molecule has 4 nitrogen and oxygen atoms in total. The smallest absolute Gasteiger partial charge is 0.243 e. The molecule has 1 unspecified atom stereocenters. The molecule has 0 aliphatic heterocycles. The second-order valence-corrected chi connectivity index (χ2v) is 8.38. The minimum absolute atomic E-state index is 0.256. The second kappa shape index (κ2) is 7.67. The Morgan fingerprint density at radius 3 is 2.43 bits per heavy atom. The van der Waals surface area contributed by atoms with Gasteiger partial charge in [0.25, 0.3) is 0 Å². The monoisotopic (exact) mass is 380 g/mol. The number of nitrogens with zero attached hydrogens (tertiary/aromatic N) is 1. The third-order valence-corrected chi connectivity index (χ3v) is 4.89. The lowest BCUT2D eigenvalue weighted by molar-refractivity contribution is 0.329. The predicted octanol–water partition coefficient (Wildman–Crippen LogP) is 2.84. The van der Waals surface area contributed by atoms with Gasteiger partial charge in [-0.3, -0.25) is 0 Å². The molecule has 1 aromatic rings. The first kappa shape index (κ1) is 18.5. The van der Waals surface area contributed by atoms with Crippen LogP contribution in [0.5, 0.6) is 0 Å². The van der Waals surface area contributed by atoms with Gasteiger partial charge in [-0.15, -0.1) is 0 Å². The number of benzene rings is 1. The summed E-state index contributed by atoms with van der Waals surface area (Å²) in [6, 6.07) is 3.68. The average molecular weight is 381 g/mol. The first-order valence-corrected chi connectivity index (χ1v) is 9.01. The van der Waals surface area contributed by atoms with Crippen LogP contribution in [0.2, 0.25) is 0 Å². The standard InChI is InChI=1S/C14H22BrFN2O2S/c1-10(2)7-12(9-18(3)4)17-21(19,20)14-6-5-11(15)8-13(14)16/h5-6,8,10,12,17H,7,9H2,1-4H3. The summed E-state index contributed by atoms with van der Waals surface area (Å²) in [6.07, 6.45) is 0.690. The van der Waals surface area contributed by atoms with E-state index in [1.807, 2.05) is 32.8 Å². The van der Waals surface area contributed by atoms with Crippen LogP contribution >= 0.6 is 15.9 Å². The van der Waals surface area contributed by atoms with Crippen molar-refractivity contribution in [3.05, 3.63) is 28.5 Å². The quantitative estimate of drug-likeness (QED) is 0.790. The number of sulfonamides is 1. The molecule has 1 N–H and O–H groups in total. The summed E-state index contributed by atoms with van der Waals surface area (Å²) in [5.74, 6) is -0.419. The van der Waals surface area contributed by atoms with E-state index in [0.717, 1.165) is 6.07 Å². The number of likely N-dealkylation sites (N-methyl/N-ethyl adjacent to an activating group) is 1. The Balaban J connectivity index is 2.99. The summed E-state index contributed by atoms with van der Waals surface area (Å²) in [7, 11) is -0.117. The van der Waals surface area contributed by atoms with Crippen molar-refractivity contribution in [3.63, 3.8) is 0 Å². The van der Waals surface area contributed by atoms with Gasteiger partial charge in [-0.25, -0.2) is 17.5 Å². The average Bonchev–Trinajstić information content (AvgIpc) is 2.24. The predicted molar refractivity (Wildman–Crippen MR) is 86.2 cm³/mol. The van der Waals surface area contributed by atoms with Crippen molar-refractivity contribution in [2.75, 3.05) is 20.6 Å². The van der Waals surface area contributed by atoms with Crippen molar-refractivity contribution in [2.24, 2.45) is 5.92 Å². The van der Waals surface area contributed by atoms with Gasteiger partial charge >= 0.3 is 0 Å². The zero-order chi connectivity index (χ0) is 16.2. The normalized spacial score (nSPS) is 13.9. The van der Waals surface area contributed by atoms with E-state index in [4.69, 9.17) is 0 Å². The first-order chi connectivity index (χ1) is 9.61. The highest BCUT2D eigenvalue weighted by Crippen LogP contribution is 2.20. The van der Waals surface area contributed by atoms with E-state index < -0.39 is 15.8 Å². The first-order valence-electron chi connectivity index (χ1n) is 6.74. The third-order valence-electron chi connectivity index (χ3n) is 2.85. The maximum Gasteiger partial charge on any atom is 0.243 e. The van der Waals surface area contributed by atoms with Crippen molar-refractivity contribution in [3.8, 4) is 0 Å². The molecule has 0 bridgehead atoms. The van der Waals surface area contributed by atoms with Crippen LogP contribution in [0, 0.1) is 11.7 Å². The Morgan fingerprint density at radius 1 is 1.33 bits per heavy atom. The number of hydrogen-bond donors (Lipinski definition) is 1. The highest BCUT2D eigenvalue weighted by molar-refractivity contribution is 9.10. The molecule has 0 saturated heterocycles. The minimum Gasteiger partial charge on any atom is -0.308 e. The number of hydrogen-bond acceptors (Lipinski definition) is 3. The molecule has 21 heavy (non-hydrogen) atoms. The van der Waals surface area contributed by atoms with Gasteiger partial charge in [0.05, 0.1) is 0 Å².